The summed E-state index contributed by atoms with van der Waals surface area (Å²) in [6, 6.07) is 7.45. The summed E-state index contributed by atoms with van der Waals surface area (Å²) in [4.78, 5) is 8.88. The lowest BCUT2D eigenvalue weighted by molar-refractivity contribution is 0.405. The molecule has 2 rings (SSSR count). The van der Waals surface area contributed by atoms with Crippen molar-refractivity contribution in [1.29, 1.82) is 0 Å². The second-order valence-electron chi connectivity index (χ2n) is 4.84. The minimum Gasteiger partial charge on any atom is -0.497 e. The summed E-state index contributed by atoms with van der Waals surface area (Å²) >= 11 is 0. The van der Waals surface area contributed by atoms with Gasteiger partial charge in [0.05, 0.1) is 19.9 Å². The van der Waals surface area contributed by atoms with Crippen LogP contribution in [0.5, 0.6) is 11.5 Å². The van der Waals surface area contributed by atoms with Gasteiger partial charge in [0.1, 0.15) is 17.3 Å². The molecule has 2 N–H and O–H groups in total. The van der Waals surface area contributed by atoms with Crippen molar-refractivity contribution in [3.63, 3.8) is 0 Å². The lowest BCUT2D eigenvalue weighted by Crippen LogP contribution is -2.06. The standard InChI is InChI=1S/C16H22N4O2/c1-5-8-17-15-9-11(2)18-16(20-15)19-13-10-12(21-3)6-7-14(13)22-4/h6-7,9-10H,5,8H2,1-4H3,(H2,17,18,19,20). The fourth-order valence-corrected chi connectivity index (χ4v) is 2.00. The van der Waals surface area contributed by atoms with Gasteiger partial charge in [-0.2, -0.15) is 4.98 Å². The molecule has 0 bridgehead atoms. The van der Waals surface area contributed by atoms with Gasteiger partial charge in [0, 0.05) is 24.4 Å². The van der Waals surface area contributed by atoms with Crippen LogP contribution in [0.2, 0.25) is 0 Å². The molecule has 22 heavy (non-hydrogen) atoms. The van der Waals surface area contributed by atoms with Gasteiger partial charge in [0.25, 0.3) is 0 Å². The quantitative estimate of drug-likeness (QED) is 0.817. The number of ether oxygens (including phenoxy) is 2. The van der Waals surface area contributed by atoms with E-state index in [0.717, 1.165) is 35.9 Å². The second-order valence-corrected chi connectivity index (χ2v) is 4.84. The Hall–Kier alpha value is -2.50. The van der Waals surface area contributed by atoms with Crippen LogP contribution in [0.4, 0.5) is 17.5 Å². The van der Waals surface area contributed by atoms with Gasteiger partial charge in [0.2, 0.25) is 5.95 Å². The second kappa shape index (κ2) is 7.49. The average Bonchev–Trinajstić information content (AvgIpc) is 2.52. The van der Waals surface area contributed by atoms with Crippen molar-refractivity contribution in [1.82, 2.24) is 9.97 Å². The SMILES string of the molecule is CCCNc1cc(C)nc(Nc2cc(OC)ccc2OC)n1. The van der Waals surface area contributed by atoms with E-state index in [4.69, 9.17) is 9.47 Å². The molecule has 1 aromatic carbocycles. The first-order valence-corrected chi connectivity index (χ1v) is 7.25. The molecule has 0 saturated heterocycles. The summed E-state index contributed by atoms with van der Waals surface area (Å²) in [7, 11) is 3.25. The van der Waals surface area contributed by atoms with Crippen LogP contribution in [0.1, 0.15) is 19.0 Å². The Balaban J connectivity index is 2.27. The molecule has 0 spiro atoms. The molecule has 0 aliphatic carbocycles. The zero-order valence-electron chi connectivity index (χ0n) is 13.4. The normalized spacial score (nSPS) is 10.2. The van der Waals surface area contributed by atoms with Gasteiger partial charge >= 0.3 is 0 Å². The molecule has 1 aromatic heterocycles. The molecule has 0 unspecified atom stereocenters. The minimum absolute atomic E-state index is 0.519. The molecule has 6 heteroatoms. The first-order valence-electron chi connectivity index (χ1n) is 7.25. The number of benzene rings is 1. The molecular weight excluding hydrogens is 280 g/mol. The smallest absolute Gasteiger partial charge is 0.229 e. The summed E-state index contributed by atoms with van der Waals surface area (Å²) < 4.78 is 10.6. The molecule has 0 fully saturated rings. The molecule has 0 atom stereocenters. The maximum atomic E-state index is 5.35. The molecule has 2 aromatic rings. The summed E-state index contributed by atoms with van der Waals surface area (Å²) in [5.41, 5.74) is 1.65. The van der Waals surface area contributed by atoms with Gasteiger partial charge in [-0.15, -0.1) is 0 Å². The zero-order valence-corrected chi connectivity index (χ0v) is 13.4. The third-order valence-corrected chi connectivity index (χ3v) is 3.06. The lowest BCUT2D eigenvalue weighted by Gasteiger charge is -2.13. The van der Waals surface area contributed by atoms with E-state index in [2.05, 4.69) is 27.5 Å². The predicted molar refractivity (Wildman–Crippen MR) is 88.4 cm³/mol. The van der Waals surface area contributed by atoms with E-state index in [1.807, 2.05) is 31.2 Å². The maximum absolute atomic E-state index is 5.35. The molecule has 0 radical (unpaired) electrons. The molecule has 0 amide bonds. The number of anilines is 3. The number of aryl methyl sites for hydroxylation is 1. The van der Waals surface area contributed by atoms with E-state index in [1.54, 1.807) is 14.2 Å². The number of nitrogens with zero attached hydrogens (tertiary/aromatic N) is 2. The van der Waals surface area contributed by atoms with E-state index in [0.29, 0.717) is 11.7 Å². The van der Waals surface area contributed by atoms with Gasteiger partial charge in [-0.3, -0.25) is 0 Å². The predicted octanol–water partition coefficient (Wildman–Crippen LogP) is 3.37. The summed E-state index contributed by atoms with van der Waals surface area (Å²) in [5, 5.41) is 6.45. The fraction of sp³-hybridized carbons (Fsp3) is 0.375. The van der Waals surface area contributed by atoms with Gasteiger partial charge in [-0.1, -0.05) is 6.92 Å². The third-order valence-electron chi connectivity index (χ3n) is 3.06. The molecule has 0 aliphatic rings. The lowest BCUT2D eigenvalue weighted by atomic mass is 10.2. The molecular formula is C16H22N4O2. The Labute approximate surface area is 130 Å². The molecule has 0 aliphatic heterocycles. The van der Waals surface area contributed by atoms with Crippen LogP contribution in [-0.2, 0) is 0 Å². The van der Waals surface area contributed by atoms with E-state index in [9.17, 15) is 0 Å². The van der Waals surface area contributed by atoms with Crippen LogP contribution < -0.4 is 20.1 Å². The number of methoxy groups -OCH3 is 2. The first-order chi connectivity index (χ1) is 10.7. The van der Waals surface area contributed by atoms with Gasteiger partial charge in [-0.05, 0) is 25.5 Å². The summed E-state index contributed by atoms with van der Waals surface area (Å²) in [6.07, 6.45) is 1.04. The molecule has 0 saturated carbocycles. The Kier molecular flexibility index (Phi) is 5.41. The van der Waals surface area contributed by atoms with E-state index >= 15 is 0 Å². The van der Waals surface area contributed by atoms with Crippen LogP contribution in [0.3, 0.4) is 0 Å². The van der Waals surface area contributed by atoms with Crippen molar-refractivity contribution in [2.24, 2.45) is 0 Å². The highest BCUT2D eigenvalue weighted by molar-refractivity contribution is 5.65. The number of nitrogens with one attached hydrogen (secondary N) is 2. The van der Waals surface area contributed by atoms with Crippen LogP contribution in [-0.4, -0.2) is 30.7 Å². The highest BCUT2D eigenvalue weighted by atomic mass is 16.5. The average molecular weight is 302 g/mol. The van der Waals surface area contributed by atoms with E-state index < -0.39 is 0 Å². The Morgan fingerprint density at radius 1 is 1.09 bits per heavy atom. The summed E-state index contributed by atoms with van der Waals surface area (Å²) in [6.45, 7) is 4.92. The van der Waals surface area contributed by atoms with Crippen molar-refractivity contribution in [2.75, 3.05) is 31.4 Å². The van der Waals surface area contributed by atoms with Crippen LogP contribution in [0.15, 0.2) is 24.3 Å². The molecule has 118 valence electrons. The fourth-order valence-electron chi connectivity index (χ4n) is 2.00. The third kappa shape index (κ3) is 4.00. The van der Waals surface area contributed by atoms with Gasteiger partial charge < -0.3 is 20.1 Å². The van der Waals surface area contributed by atoms with Crippen LogP contribution in [0, 0.1) is 6.92 Å². The van der Waals surface area contributed by atoms with Crippen molar-refractivity contribution in [2.45, 2.75) is 20.3 Å². The largest absolute Gasteiger partial charge is 0.497 e. The highest BCUT2D eigenvalue weighted by Gasteiger charge is 2.08. The van der Waals surface area contributed by atoms with Gasteiger partial charge in [-0.25, -0.2) is 4.98 Å². The molecule has 6 nitrogen and oxygen atoms in total. The Bertz CT molecular complexity index is 632. The topological polar surface area (TPSA) is 68.3 Å². The Morgan fingerprint density at radius 2 is 1.91 bits per heavy atom. The van der Waals surface area contributed by atoms with Crippen molar-refractivity contribution >= 4 is 17.5 Å². The minimum atomic E-state index is 0.519. The maximum Gasteiger partial charge on any atom is 0.229 e. The van der Waals surface area contributed by atoms with Crippen LogP contribution in [0.25, 0.3) is 0 Å². The van der Waals surface area contributed by atoms with E-state index in [-0.39, 0.29) is 0 Å². The first kappa shape index (κ1) is 15.9. The number of rotatable bonds is 7. The number of hydrogen-bond donors (Lipinski definition) is 2. The van der Waals surface area contributed by atoms with Gasteiger partial charge in [0.15, 0.2) is 0 Å². The number of aromatic nitrogens is 2. The van der Waals surface area contributed by atoms with Crippen molar-refractivity contribution < 1.29 is 9.47 Å². The summed E-state index contributed by atoms with van der Waals surface area (Å²) in [5.74, 6) is 2.76. The van der Waals surface area contributed by atoms with E-state index in [1.165, 1.54) is 0 Å². The highest BCUT2D eigenvalue weighted by Crippen LogP contribution is 2.30. The van der Waals surface area contributed by atoms with Crippen molar-refractivity contribution in [3.8, 4) is 11.5 Å². The zero-order chi connectivity index (χ0) is 15.9. The molecule has 1 heterocycles. The Morgan fingerprint density at radius 3 is 2.59 bits per heavy atom. The van der Waals surface area contributed by atoms with Crippen molar-refractivity contribution in [3.05, 3.63) is 30.0 Å². The van der Waals surface area contributed by atoms with Crippen LogP contribution >= 0.6 is 0 Å². The number of hydrogen-bond acceptors (Lipinski definition) is 6. The monoisotopic (exact) mass is 302 g/mol.